The molecule has 0 aromatic carbocycles. The summed E-state index contributed by atoms with van der Waals surface area (Å²) in [5.41, 5.74) is 18.8. The number of unbranched alkanes of at least 4 members (excludes halogenated alkanes) is 1. The average molecular weight is 513 g/mol. The standard InChI is InChI=1S/C25H48N6O5/c1-20(30(14-11-26)18-24(33-4)34-5)16-29(13-9-8-10-23(28)22(3)32)17-21(2)31(15-12-27)19-25(35-6)36-7/h11-12,14-15,23-25H,1-2,8-10,13,16-19,26-28H2,3-7H3/b14-11-,15-12-/t23-/m0/s1. The molecule has 0 aromatic rings. The number of hydrogen-bond acceptors (Lipinski definition) is 11. The highest BCUT2D eigenvalue weighted by atomic mass is 16.7. The Morgan fingerprint density at radius 3 is 1.58 bits per heavy atom. The van der Waals surface area contributed by atoms with E-state index in [1.54, 1.807) is 40.8 Å². The van der Waals surface area contributed by atoms with Gasteiger partial charge in [0, 0.05) is 77.7 Å². The molecule has 0 spiro atoms. The van der Waals surface area contributed by atoms with Gasteiger partial charge in [-0.25, -0.2) is 0 Å². The van der Waals surface area contributed by atoms with E-state index in [0.29, 0.717) is 32.6 Å². The second-order valence-electron chi connectivity index (χ2n) is 8.35. The second-order valence-corrected chi connectivity index (χ2v) is 8.35. The molecule has 208 valence electrons. The molecule has 0 heterocycles. The van der Waals surface area contributed by atoms with Gasteiger partial charge in [0.25, 0.3) is 0 Å². The number of rotatable bonds is 22. The Bertz CT molecular complexity index is 650. The lowest BCUT2D eigenvalue weighted by atomic mass is 10.1. The van der Waals surface area contributed by atoms with E-state index in [1.807, 2.05) is 9.80 Å². The molecule has 0 unspecified atom stereocenters. The monoisotopic (exact) mass is 512 g/mol. The Balaban J connectivity index is 5.52. The first-order valence-corrected chi connectivity index (χ1v) is 11.9. The molecule has 0 rings (SSSR count). The van der Waals surface area contributed by atoms with E-state index in [0.717, 1.165) is 30.8 Å². The molecule has 1 atom stereocenters. The highest BCUT2D eigenvalue weighted by Gasteiger charge is 2.19. The van der Waals surface area contributed by atoms with E-state index >= 15 is 0 Å². The van der Waals surface area contributed by atoms with Crippen LogP contribution in [0.5, 0.6) is 0 Å². The van der Waals surface area contributed by atoms with Crippen LogP contribution in [0.25, 0.3) is 0 Å². The Morgan fingerprint density at radius 1 is 0.833 bits per heavy atom. The molecular weight excluding hydrogens is 464 g/mol. The molecule has 6 N–H and O–H groups in total. The van der Waals surface area contributed by atoms with Crippen LogP contribution in [0.15, 0.2) is 49.4 Å². The van der Waals surface area contributed by atoms with Gasteiger partial charge in [-0.1, -0.05) is 19.6 Å². The third-order valence-electron chi connectivity index (χ3n) is 5.66. The fraction of sp³-hybridized carbons (Fsp3) is 0.640. The van der Waals surface area contributed by atoms with Crippen molar-refractivity contribution in [2.24, 2.45) is 17.2 Å². The minimum Gasteiger partial charge on any atom is -0.403 e. The van der Waals surface area contributed by atoms with Crippen LogP contribution < -0.4 is 17.2 Å². The quantitative estimate of drug-likeness (QED) is 0.142. The van der Waals surface area contributed by atoms with Gasteiger partial charge in [-0.15, -0.1) is 0 Å². The summed E-state index contributed by atoms with van der Waals surface area (Å²) in [5.74, 6) is -0.00119. The van der Waals surface area contributed by atoms with Gasteiger partial charge in [0.2, 0.25) is 0 Å². The minimum atomic E-state index is -0.445. The molecule has 0 saturated carbocycles. The highest BCUT2D eigenvalue weighted by Crippen LogP contribution is 2.14. The largest absolute Gasteiger partial charge is 0.403 e. The lowest BCUT2D eigenvalue weighted by molar-refractivity contribution is -0.118. The van der Waals surface area contributed by atoms with Gasteiger partial charge >= 0.3 is 0 Å². The zero-order valence-electron chi connectivity index (χ0n) is 22.7. The summed E-state index contributed by atoms with van der Waals surface area (Å²) < 4.78 is 21.3. The first-order valence-electron chi connectivity index (χ1n) is 11.9. The van der Waals surface area contributed by atoms with Crippen molar-refractivity contribution >= 4 is 5.78 Å². The molecule has 0 aliphatic heterocycles. The molecular formula is C25H48N6O5. The van der Waals surface area contributed by atoms with Crippen molar-refractivity contribution < 1.29 is 23.7 Å². The van der Waals surface area contributed by atoms with Gasteiger partial charge in [0.1, 0.15) is 5.78 Å². The fourth-order valence-corrected chi connectivity index (χ4v) is 3.43. The van der Waals surface area contributed by atoms with Crippen LogP contribution in [0.3, 0.4) is 0 Å². The Labute approximate surface area is 217 Å². The number of methoxy groups -OCH3 is 4. The average Bonchev–Trinajstić information content (AvgIpc) is 2.86. The van der Waals surface area contributed by atoms with Crippen LogP contribution in [0.4, 0.5) is 0 Å². The molecule has 0 saturated heterocycles. The number of ether oxygens (including phenoxy) is 4. The van der Waals surface area contributed by atoms with Crippen LogP contribution in [0, 0.1) is 0 Å². The normalized spacial score (nSPS) is 12.8. The van der Waals surface area contributed by atoms with Gasteiger partial charge in [0.15, 0.2) is 12.6 Å². The molecule has 11 nitrogen and oxygen atoms in total. The van der Waals surface area contributed by atoms with Gasteiger partial charge in [0.05, 0.1) is 19.1 Å². The molecule has 0 fully saturated rings. The van der Waals surface area contributed by atoms with E-state index < -0.39 is 18.6 Å². The van der Waals surface area contributed by atoms with Gasteiger partial charge in [-0.05, 0) is 26.3 Å². The molecule has 11 heteroatoms. The number of carbonyl (C=O) groups is 1. The molecule has 0 aliphatic carbocycles. The lowest BCUT2D eigenvalue weighted by Gasteiger charge is -2.33. The smallest absolute Gasteiger partial charge is 0.174 e. The number of carbonyl (C=O) groups excluding carboxylic acids is 1. The molecule has 0 aromatic heterocycles. The first-order chi connectivity index (χ1) is 17.2. The summed E-state index contributed by atoms with van der Waals surface area (Å²) in [6, 6.07) is -0.432. The molecule has 0 aliphatic rings. The van der Waals surface area contributed by atoms with Crippen molar-refractivity contribution in [3.05, 3.63) is 49.4 Å². The Morgan fingerprint density at radius 2 is 1.25 bits per heavy atom. The van der Waals surface area contributed by atoms with Crippen molar-refractivity contribution in [1.29, 1.82) is 0 Å². The molecule has 0 bridgehead atoms. The topological polar surface area (TPSA) is 142 Å². The third kappa shape index (κ3) is 13.6. The van der Waals surface area contributed by atoms with Crippen LogP contribution in [0.1, 0.15) is 26.2 Å². The second kappa shape index (κ2) is 19.7. The Hall–Kier alpha value is -2.41. The van der Waals surface area contributed by atoms with Crippen LogP contribution in [0.2, 0.25) is 0 Å². The predicted molar refractivity (Wildman–Crippen MR) is 143 cm³/mol. The number of nitrogens with two attached hydrogens (primary N) is 3. The number of hydrogen-bond donors (Lipinski definition) is 3. The van der Waals surface area contributed by atoms with E-state index in [2.05, 4.69) is 18.1 Å². The maximum Gasteiger partial charge on any atom is 0.174 e. The molecule has 36 heavy (non-hydrogen) atoms. The maximum absolute atomic E-state index is 11.5. The summed E-state index contributed by atoms with van der Waals surface area (Å²) >= 11 is 0. The molecule has 0 radical (unpaired) electrons. The number of ketones is 1. The lowest BCUT2D eigenvalue weighted by Crippen LogP contribution is -2.39. The molecule has 0 amide bonds. The van der Waals surface area contributed by atoms with Crippen molar-refractivity contribution in [3.63, 3.8) is 0 Å². The summed E-state index contributed by atoms with van der Waals surface area (Å²) in [6.07, 6.45) is 7.78. The Kier molecular flexibility index (Phi) is 18.4. The van der Waals surface area contributed by atoms with Gasteiger partial charge < -0.3 is 45.9 Å². The zero-order chi connectivity index (χ0) is 27.5. The van der Waals surface area contributed by atoms with E-state index in [-0.39, 0.29) is 5.78 Å². The maximum atomic E-state index is 11.5. The van der Waals surface area contributed by atoms with E-state index in [4.69, 9.17) is 36.1 Å². The van der Waals surface area contributed by atoms with Gasteiger partial charge in [-0.3, -0.25) is 9.69 Å². The van der Waals surface area contributed by atoms with E-state index in [9.17, 15) is 4.79 Å². The SMILES string of the molecule is C=C(CN(CCCC[C@H](N)C(C)=O)CC(=C)N(/C=C\N)CC(OC)OC)N(/C=C\N)CC(OC)OC. The zero-order valence-corrected chi connectivity index (χ0v) is 22.7. The van der Waals surface area contributed by atoms with Crippen LogP contribution in [-0.4, -0.2) is 100 Å². The minimum absolute atomic E-state index is 0.00119. The van der Waals surface area contributed by atoms with Crippen molar-refractivity contribution in [2.45, 2.75) is 44.8 Å². The van der Waals surface area contributed by atoms with E-state index in [1.165, 1.54) is 19.3 Å². The number of Topliss-reactive ketones (excluding diaryl/α,β-unsaturated/α-hetero) is 1. The number of nitrogens with zero attached hydrogens (tertiary/aromatic N) is 3. The first kappa shape index (κ1) is 33.6. The summed E-state index contributed by atoms with van der Waals surface area (Å²) in [4.78, 5) is 17.5. The van der Waals surface area contributed by atoms with Crippen molar-refractivity contribution in [1.82, 2.24) is 14.7 Å². The van der Waals surface area contributed by atoms with Crippen molar-refractivity contribution in [3.8, 4) is 0 Å². The predicted octanol–water partition coefficient (Wildman–Crippen LogP) is 1.10. The highest BCUT2D eigenvalue weighted by molar-refractivity contribution is 5.81. The summed E-state index contributed by atoms with van der Waals surface area (Å²) in [5, 5.41) is 0. The van der Waals surface area contributed by atoms with Crippen LogP contribution in [-0.2, 0) is 23.7 Å². The van der Waals surface area contributed by atoms with Crippen molar-refractivity contribution in [2.75, 3.05) is 61.2 Å². The van der Waals surface area contributed by atoms with Crippen LogP contribution >= 0.6 is 0 Å². The fourth-order valence-electron chi connectivity index (χ4n) is 3.43. The third-order valence-corrected chi connectivity index (χ3v) is 5.66. The summed E-state index contributed by atoms with van der Waals surface area (Å²) in [6.45, 7) is 12.7. The summed E-state index contributed by atoms with van der Waals surface area (Å²) in [7, 11) is 6.32. The van der Waals surface area contributed by atoms with Gasteiger partial charge in [-0.2, -0.15) is 0 Å².